The first kappa shape index (κ1) is 29.6. The fraction of sp³-hybridized carbons (Fsp3) is 0.174. The molecule has 0 spiro atoms. The minimum Gasteiger partial charge on any atom is -0.439 e. The number of fused-ring (bicyclic) bond motifs is 8. The summed E-state index contributed by atoms with van der Waals surface area (Å²) >= 11 is 0. The van der Waals surface area contributed by atoms with Crippen LogP contribution in [0.5, 0.6) is 0 Å². The lowest BCUT2D eigenvalue weighted by Crippen LogP contribution is -2.10. The van der Waals surface area contributed by atoms with E-state index in [1.807, 2.05) is 6.07 Å². The topological polar surface area (TPSA) is 23.0 Å². The molecular weight excluding hydrogens is 597 g/mol. The first-order valence-electron chi connectivity index (χ1n) is 17.3. The van der Waals surface area contributed by atoms with Gasteiger partial charge in [0, 0.05) is 32.9 Å². The average Bonchev–Trinajstić information content (AvgIpc) is 3.74. The van der Waals surface area contributed by atoms with Gasteiger partial charge in [0.25, 0.3) is 0 Å². The summed E-state index contributed by atoms with van der Waals surface area (Å²) in [7, 11) is 0. The summed E-state index contributed by atoms with van der Waals surface area (Å²) in [6.45, 7) is 13.8. The number of hydrogen-bond acceptors (Lipinski definition) is 1. The summed E-state index contributed by atoms with van der Waals surface area (Å²) < 4.78 is 11.2. The van der Waals surface area contributed by atoms with Crippen LogP contribution in [0, 0.1) is 0 Å². The number of aromatic nitrogens is 2. The van der Waals surface area contributed by atoms with Crippen molar-refractivity contribution in [1.82, 2.24) is 9.13 Å². The molecule has 0 saturated heterocycles. The molecule has 49 heavy (non-hydrogen) atoms. The Hall–Kier alpha value is -5.54. The first-order valence-corrected chi connectivity index (χ1v) is 17.3. The van der Waals surface area contributed by atoms with Crippen LogP contribution in [0.15, 0.2) is 138 Å². The molecule has 9 rings (SSSR count). The fourth-order valence-electron chi connectivity index (χ4n) is 7.54. The van der Waals surface area contributed by atoms with E-state index in [-0.39, 0.29) is 10.8 Å². The van der Waals surface area contributed by atoms with Gasteiger partial charge in [0.05, 0.1) is 21.9 Å². The van der Waals surface area contributed by atoms with Crippen LogP contribution in [0.3, 0.4) is 0 Å². The van der Waals surface area contributed by atoms with Crippen molar-refractivity contribution in [2.45, 2.75) is 52.4 Å². The highest BCUT2D eigenvalue weighted by Gasteiger charge is 2.22. The van der Waals surface area contributed by atoms with E-state index in [2.05, 4.69) is 178 Å². The largest absolute Gasteiger partial charge is 0.439 e. The van der Waals surface area contributed by atoms with E-state index in [4.69, 9.17) is 4.42 Å². The molecule has 0 amide bonds. The molecule has 0 fully saturated rings. The maximum Gasteiger partial charge on any atom is 0.213 e. The average molecular weight is 637 g/mol. The zero-order chi connectivity index (χ0) is 33.7. The quantitative estimate of drug-likeness (QED) is 0.189. The van der Waals surface area contributed by atoms with Crippen molar-refractivity contribution in [3.05, 3.63) is 145 Å². The van der Waals surface area contributed by atoms with Crippen LogP contribution in [0.25, 0.3) is 77.3 Å². The Labute approximate surface area is 287 Å². The van der Waals surface area contributed by atoms with Crippen LogP contribution in [0.4, 0.5) is 0 Å². The highest BCUT2D eigenvalue weighted by molar-refractivity contribution is 6.20. The van der Waals surface area contributed by atoms with Crippen LogP contribution in [-0.4, -0.2) is 9.13 Å². The Morgan fingerprint density at radius 2 is 0.959 bits per heavy atom. The lowest BCUT2D eigenvalue weighted by molar-refractivity contribution is 0.590. The standard InChI is InChI=1S/C46H40N2O/c1-45(2,3)31-19-24-39-36(27-31)37-28-32(46(4,5)6)20-25-40(37)47(39)34-21-16-29(17-22-34)30-18-23-41-38(26-30)43-35-14-10-11-15-42(35)49-44(43)48(41)33-12-8-7-9-13-33/h7-28H,1-6H3. The predicted octanol–water partition coefficient (Wildman–Crippen LogP) is 12.9. The molecule has 0 unspecified atom stereocenters. The van der Waals surface area contributed by atoms with Gasteiger partial charge in [-0.15, -0.1) is 0 Å². The molecule has 3 heterocycles. The van der Waals surface area contributed by atoms with E-state index in [1.54, 1.807) is 0 Å². The van der Waals surface area contributed by atoms with Gasteiger partial charge in [-0.05, 0) is 99.8 Å². The Morgan fingerprint density at radius 1 is 0.429 bits per heavy atom. The predicted molar refractivity (Wildman–Crippen MR) is 208 cm³/mol. The number of hydrogen-bond donors (Lipinski definition) is 0. The third kappa shape index (κ3) is 4.63. The smallest absolute Gasteiger partial charge is 0.213 e. The number of para-hydroxylation sites is 2. The minimum absolute atomic E-state index is 0.0728. The maximum atomic E-state index is 6.51. The summed E-state index contributed by atoms with van der Waals surface area (Å²) in [5.41, 5.74) is 12.9. The van der Waals surface area contributed by atoms with Crippen LogP contribution < -0.4 is 0 Å². The van der Waals surface area contributed by atoms with Gasteiger partial charge in [-0.2, -0.15) is 0 Å². The van der Waals surface area contributed by atoms with Crippen molar-refractivity contribution in [2.75, 3.05) is 0 Å². The molecule has 0 aliphatic rings. The number of benzene rings is 6. The number of nitrogens with zero attached hydrogens (tertiary/aromatic N) is 2. The molecule has 0 aliphatic carbocycles. The van der Waals surface area contributed by atoms with E-state index in [0.717, 1.165) is 39.0 Å². The molecule has 0 aliphatic heterocycles. The second-order valence-electron chi connectivity index (χ2n) is 15.5. The van der Waals surface area contributed by atoms with E-state index < -0.39 is 0 Å². The van der Waals surface area contributed by atoms with Gasteiger partial charge in [0.2, 0.25) is 5.71 Å². The molecule has 0 saturated carbocycles. The van der Waals surface area contributed by atoms with Crippen LogP contribution in [0.1, 0.15) is 52.7 Å². The van der Waals surface area contributed by atoms with Crippen molar-refractivity contribution < 1.29 is 4.42 Å². The molecule has 240 valence electrons. The first-order chi connectivity index (χ1) is 23.6. The van der Waals surface area contributed by atoms with Crippen LogP contribution in [-0.2, 0) is 10.8 Å². The lowest BCUT2D eigenvalue weighted by Gasteiger charge is -2.19. The van der Waals surface area contributed by atoms with Gasteiger partial charge in [-0.25, -0.2) is 0 Å². The molecule has 0 atom stereocenters. The Bertz CT molecular complexity index is 2630. The zero-order valence-corrected chi connectivity index (χ0v) is 29.0. The van der Waals surface area contributed by atoms with Crippen LogP contribution >= 0.6 is 0 Å². The van der Waals surface area contributed by atoms with Gasteiger partial charge in [-0.1, -0.05) is 108 Å². The van der Waals surface area contributed by atoms with Crippen molar-refractivity contribution >= 4 is 54.8 Å². The van der Waals surface area contributed by atoms with Gasteiger partial charge in [0.15, 0.2) is 0 Å². The third-order valence-corrected chi connectivity index (χ3v) is 10.3. The minimum atomic E-state index is 0.0728. The molecule has 9 aromatic rings. The molecule has 0 bridgehead atoms. The summed E-state index contributed by atoms with van der Waals surface area (Å²) in [4.78, 5) is 0. The maximum absolute atomic E-state index is 6.51. The van der Waals surface area contributed by atoms with E-state index >= 15 is 0 Å². The second kappa shape index (κ2) is 10.5. The fourth-order valence-corrected chi connectivity index (χ4v) is 7.54. The van der Waals surface area contributed by atoms with Crippen molar-refractivity contribution in [3.8, 4) is 22.5 Å². The van der Waals surface area contributed by atoms with Gasteiger partial charge < -0.3 is 8.98 Å². The Balaban J connectivity index is 1.20. The van der Waals surface area contributed by atoms with Crippen molar-refractivity contribution in [1.29, 1.82) is 0 Å². The molecule has 0 N–H and O–H groups in total. The molecule has 3 heteroatoms. The zero-order valence-electron chi connectivity index (χ0n) is 29.0. The molecule has 0 radical (unpaired) electrons. The van der Waals surface area contributed by atoms with E-state index in [1.165, 1.54) is 49.4 Å². The van der Waals surface area contributed by atoms with Crippen LogP contribution in [0.2, 0.25) is 0 Å². The third-order valence-electron chi connectivity index (χ3n) is 10.3. The monoisotopic (exact) mass is 636 g/mol. The van der Waals surface area contributed by atoms with E-state index in [0.29, 0.717) is 0 Å². The summed E-state index contributed by atoms with van der Waals surface area (Å²) in [5.74, 6) is 0. The SMILES string of the molecule is CC(C)(C)c1ccc2c(c1)c1cc(C(C)(C)C)ccc1n2-c1ccc(-c2ccc3c(c2)c2c4ccccc4oc2n3-c2ccccc2)cc1. The van der Waals surface area contributed by atoms with Gasteiger partial charge >= 0.3 is 0 Å². The lowest BCUT2D eigenvalue weighted by atomic mass is 9.85. The van der Waals surface area contributed by atoms with Crippen molar-refractivity contribution in [3.63, 3.8) is 0 Å². The molecule has 6 aromatic carbocycles. The number of rotatable bonds is 3. The van der Waals surface area contributed by atoms with Gasteiger partial charge in [0.1, 0.15) is 5.58 Å². The normalized spacial score (nSPS) is 12.7. The summed E-state index contributed by atoms with van der Waals surface area (Å²) in [6.07, 6.45) is 0. The highest BCUT2D eigenvalue weighted by atomic mass is 16.3. The summed E-state index contributed by atoms with van der Waals surface area (Å²) in [6, 6.07) is 48.8. The molecule has 3 aromatic heterocycles. The van der Waals surface area contributed by atoms with Crippen molar-refractivity contribution in [2.24, 2.45) is 0 Å². The summed E-state index contributed by atoms with van der Waals surface area (Å²) in [5, 5.41) is 6.10. The second-order valence-corrected chi connectivity index (χ2v) is 15.5. The van der Waals surface area contributed by atoms with E-state index in [9.17, 15) is 0 Å². The van der Waals surface area contributed by atoms with Gasteiger partial charge in [-0.3, -0.25) is 4.57 Å². The Kier molecular flexibility index (Phi) is 6.33. The molecular formula is C46H40N2O. The highest BCUT2D eigenvalue weighted by Crippen LogP contribution is 2.41. The molecule has 3 nitrogen and oxygen atoms in total. The number of furan rings is 1. The Morgan fingerprint density at radius 3 is 1.59 bits per heavy atom.